The summed E-state index contributed by atoms with van der Waals surface area (Å²) in [6.45, 7) is 0.263. The van der Waals surface area contributed by atoms with Gasteiger partial charge < -0.3 is 13.9 Å². The predicted octanol–water partition coefficient (Wildman–Crippen LogP) is 2.16. The molecular weight excluding hydrogens is 156 g/mol. The molecule has 2 aromatic rings. The molecule has 3 nitrogen and oxygen atoms in total. The minimum absolute atomic E-state index is 0.263. The van der Waals surface area contributed by atoms with Crippen molar-refractivity contribution < 1.29 is 13.9 Å². The fourth-order valence-electron chi connectivity index (χ4n) is 1.37. The fraction of sp³-hybridized carbons (Fsp3) is 0.111. The first kappa shape index (κ1) is 5.94. The quantitative estimate of drug-likeness (QED) is 0.594. The highest BCUT2D eigenvalue weighted by Gasteiger charge is 2.21. The van der Waals surface area contributed by atoms with Crippen molar-refractivity contribution in [2.45, 2.75) is 0 Å². The molecule has 0 fully saturated rings. The summed E-state index contributed by atoms with van der Waals surface area (Å²) < 4.78 is 15.7. The van der Waals surface area contributed by atoms with Crippen LogP contribution in [0.3, 0.4) is 0 Å². The van der Waals surface area contributed by atoms with Crippen LogP contribution >= 0.6 is 0 Å². The van der Waals surface area contributed by atoms with Crippen LogP contribution in [-0.2, 0) is 0 Å². The fourth-order valence-corrected chi connectivity index (χ4v) is 1.37. The number of ether oxygens (including phenoxy) is 2. The Hall–Kier alpha value is -1.64. The summed E-state index contributed by atoms with van der Waals surface area (Å²) in [4.78, 5) is 0. The van der Waals surface area contributed by atoms with Crippen LogP contribution in [0, 0.1) is 0 Å². The molecule has 1 aromatic carbocycles. The Labute approximate surface area is 68.5 Å². The zero-order chi connectivity index (χ0) is 7.97. The summed E-state index contributed by atoms with van der Waals surface area (Å²) in [6, 6.07) is 7.70. The van der Waals surface area contributed by atoms with Gasteiger partial charge in [0.2, 0.25) is 12.5 Å². The van der Waals surface area contributed by atoms with E-state index in [1.165, 1.54) is 0 Å². The summed E-state index contributed by atoms with van der Waals surface area (Å²) in [5.74, 6) is 1.22. The zero-order valence-corrected chi connectivity index (χ0v) is 6.24. The van der Waals surface area contributed by atoms with Crippen LogP contribution in [0.2, 0.25) is 0 Å². The molecule has 1 aliphatic heterocycles. The zero-order valence-electron chi connectivity index (χ0n) is 6.24. The van der Waals surface area contributed by atoms with E-state index in [-0.39, 0.29) is 6.79 Å². The number of hydrogen-bond acceptors (Lipinski definition) is 3. The van der Waals surface area contributed by atoms with E-state index in [4.69, 9.17) is 13.9 Å². The number of hydrogen-bond donors (Lipinski definition) is 0. The lowest BCUT2D eigenvalue weighted by Crippen LogP contribution is -1.94. The van der Waals surface area contributed by atoms with Crippen molar-refractivity contribution in [2.24, 2.45) is 0 Å². The smallest absolute Gasteiger partial charge is 0.332 e. The maximum atomic E-state index is 5.36. The molecule has 60 valence electrons. The van der Waals surface area contributed by atoms with Crippen LogP contribution in [0.5, 0.6) is 11.7 Å². The molecular formula is C9H6O3. The highest BCUT2D eigenvalue weighted by Crippen LogP contribution is 2.41. The average Bonchev–Trinajstić information content (AvgIpc) is 2.62. The first-order chi connectivity index (χ1) is 5.95. The second kappa shape index (κ2) is 1.94. The normalized spacial score (nSPS) is 14.0. The van der Waals surface area contributed by atoms with Crippen LogP contribution in [0.25, 0.3) is 11.0 Å². The third-order valence-electron chi connectivity index (χ3n) is 1.91. The second-order valence-corrected chi connectivity index (χ2v) is 2.62. The predicted molar refractivity (Wildman–Crippen MR) is 42.3 cm³/mol. The number of para-hydroxylation sites is 1. The Balaban J connectivity index is 2.44. The Bertz CT molecular complexity index is 430. The van der Waals surface area contributed by atoms with Gasteiger partial charge in [0.25, 0.3) is 0 Å². The maximum Gasteiger partial charge on any atom is 0.332 e. The van der Waals surface area contributed by atoms with Gasteiger partial charge >= 0.3 is 5.95 Å². The van der Waals surface area contributed by atoms with E-state index in [9.17, 15) is 0 Å². The summed E-state index contributed by atoms with van der Waals surface area (Å²) in [5.41, 5.74) is 0.808. The van der Waals surface area contributed by atoms with Crippen LogP contribution in [0.15, 0.2) is 28.7 Å². The maximum absolute atomic E-state index is 5.36. The summed E-state index contributed by atoms with van der Waals surface area (Å²) in [5, 5.41) is 0.977. The molecule has 0 radical (unpaired) electrons. The van der Waals surface area contributed by atoms with Gasteiger partial charge in [0.1, 0.15) is 5.58 Å². The van der Waals surface area contributed by atoms with E-state index in [0.717, 1.165) is 16.7 Å². The third kappa shape index (κ3) is 0.605. The number of furan rings is 1. The van der Waals surface area contributed by atoms with Crippen molar-refractivity contribution in [1.82, 2.24) is 0 Å². The van der Waals surface area contributed by atoms with Crippen molar-refractivity contribution in [1.29, 1.82) is 0 Å². The monoisotopic (exact) mass is 162 g/mol. The van der Waals surface area contributed by atoms with Crippen molar-refractivity contribution in [3.05, 3.63) is 24.3 Å². The molecule has 3 heteroatoms. The van der Waals surface area contributed by atoms with Crippen LogP contribution in [0.1, 0.15) is 0 Å². The van der Waals surface area contributed by atoms with E-state index in [0.29, 0.717) is 5.95 Å². The number of benzene rings is 1. The molecule has 0 spiro atoms. The molecule has 0 atom stereocenters. The molecule has 0 saturated heterocycles. The van der Waals surface area contributed by atoms with E-state index in [2.05, 4.69) is 0 Å². The van der Waals surface area contributed by atoms with Gasteiger partial charge in [-0.2, -0.15) is 0 Å². The Morgan fingerprint density at radius 1 is 1.08 bits per heavy atom. The van der Waals surface area contributed by atoms with Gasteiger partial charge in [-0.1, -0.05) is 12.1 Å². The highest BCUT2D eigenvalue weighted by molar-refractivity contribution is 5.86. The molecule has 3 rings (SSSR count). The lowest BCUT2D eigenvalue weighted by molar-refractivity contribution is 0.154. The van der Waals surface area contributed by atoms with Crippen molar-refractivity contribution >= 4 is 11.0 Å². The minimum Gasteiger partial charge on any atom is -0.449 e. The van der Waals surface area contributed by atoms with E-state index in [1.54, 1.807) is 0 Å². The topological polar surface area (TPSA) is 31.6 Å². The van der Waals surface area contributed by atoms with E-state index in [1.807, 2.05) is 24.3 Å². The minimum atomic E-state index is 0.263. The van der Waals surface area contributed by atoms with Gasteiger partial charge in [0, 0.05) is 0 Å². The molecule has 0 N–H and O–H groups in total. The molecule has 0 unspecified atom stereocenters. The molecule has 2 heterocycles. The first-order valence-corrected chi connectivity index (χ1v) is 3.72. The number of fused-ring (bicyclic) bond motifs is 3. The van der Waals surface area contributed by atoms with Gasteiger partial charge in [0.05, 0.1) is 5.39 Å². The number of rotatable bonds is 0. The highest BCUT2D eigenvalue weighted by atomic mass is 16.7. The first-order valence-electron chi connectivity index (χ1n) is 3.72. The Morgan fingerprint density at radius 3 is 3.00 bits per heavy atom. The largest absolute Gasteiger partial charge is 0.449 e. The molecule has 1 aromatic heterocycles. The lowest BCUT2D eigenvalue weighted by Gasteiger charge is -1.91. The second-order valence-electron chi connectivity index (χ2n) is 2.62. The van der Waals surface area contributed by atoms with Crippen molar-refractivity contribution in [3.63, 3.8) is 0 Å². The van der Waals surface area contributed by atoms with Gasteiger partial charge in [-0.25, -0.2) is 0 Å². The summed E-state index contributed by atoms with van der Waals surface area (Å²) in [6.07, 6.45) is 0. The Morgan fingerprint density at radius 2 is 2.00 bits per heavy atom. The van der Waals surface area contributed by atoms with Crippen LogP contribution in [0.4, 0.5) is 0 Å². The van der Waals surface area contributed by atoms with Crippen LogP contribution < -0.4 is 9.47 Å². The molecule has 0 bridgehead atoms. The molecule has 0 amide bonds. The molecule has 1 aliphatic rings. The van der Waals surface area contributed by atoms with Gasteiger partial charge in [-0.05, 0) is 12.1 Å². The SMILES string of the molecule is c1ccc2c3c(oc2c1)OCO3. The summed E-state index contributed by atoms with van der Waals surface area (Å²) in [7, 11) is 0. The van der Waals surface area contributed by atoms with Gasteiger partial charge in [-0.15, -0.1) is 0 Å². The average molecular weight is 162 g/mol. The molecule has 0 saturated carbocycles. The van der Waals surface area contributed by atoms with Crippen LogP contribution in [-0.4, -0.2) is 6.79 Å². The van der Waals surface area contributed by atoms with Gasteiger partial charge in [-0.3, -0.25) is 0 Å². The lowest BCUT2D eigenvalue weighted by atomic mass is 10.2. The standard InChI is InChI=1S/C9H6O3/c1-2-4-7-6(3-1)8-9(12-7)11-5-10-8/h1-4H,5H2. The van der Waals surface area contributed by atoms with Crippen molar-refractivity contribution in [3.8, 4) is 11.7 Å². The third-order valence-corrected chi connectivity index (χ3v) is 1.91. The van der Waals surface area contributed by atoms with E-state index < -0.39 is 0 Å². The Kier molecular flexibility index (Phi) is 0.961. The molecule has 12 heavy (non-hydrogen) atoms. The van der Waals surface area contributed by atoms with Crippen molar-refractivity contribution in [2.75, 3.05) is 6.79 Å². The summed E-state index contributed by atoms with van der Waals surface area (Å²) >= 11 is 0. The molecule has 0 aliphatic carbocycles. The van der Waals surface area contributed by atoms with Gasteiger partial charge in [0.15, 0.2) is 0 Å². The van der Waals surface area contributed by atoms with E-state index >= 15 is 0 Å².